The van der Waals surface area contributed by atoms with Crippen molar-refractivity contribution in [3.63, 3.8) is 0 Å². The van der Waals surface area contributed by atoms with E-state index in [2.05, 4.69) is 19.9 Å². The Labute approximate surface area is 115 Å². The van der Waals surface area contributed by atoms with E-state index in [1.807, 2.05) is 24.3 Å². The topological polar surface area (TPSA) is 42.2 Å². The van der Waals surface area contributed by atoms with Crippen LogP contribution in [-0.2, 0) is 10.2 Å². The molecule has 1 aromatic carbocycles. The lowest BCUT2D eigenvalue weighted by Crippen LogP contribution is -2.32. The Kier molecular flexibility index (Phi) is 4.44. The highest BCUT2D eigenvalue weighted by atomic mass is 16.5. The molecule has 0 aliphatic carbocycles. The van der Waals surface area contributed by atoms with E-state index in [4.69, 9.17) is 9.47 Å². The monoisotopic (exact) mass is 259 g/mol. The van der Waals surface area contributed by atoms with Crippen LogP contribution >= 0.6 is 0 Å². The van der Waals surface area contributed by atoms with E-state index in [0.29, 0.717) is 19.1 Å². The van der Waals surface area contributed by atoms with Crippen LogP contribution in [0.5, 0.6) is 5.75 Å². The van der Waals surface area contributed by atoms with Crippen molar-refractivity contribution < 1.29 is 9.47 Å². The van der Waals surface area contributed by atoms with E-state index in [0.717, 1.165) is 30.8 Å². The molecule has 19 heavy (non-hydrogen) atoms. The number of ether oxygens (including phenoxy) is 2. The molecule has 1 aromatic rings. The number of nitrogens with zero attached hydrogens (tertiary/aromatic N) is 1. The molecule has 0 bridgehead atoms. The van der Waals surface area contributed by atoms with Crippen molar-refractivity contribution in [1.82, 2.24) is 0 Å². The lowest BCUT2D eigenvalue weighted by molar-refractivity contribution is 0.0675. The molecule has 1 aliphatic heterocycles. The summed E-state index contributed by atoms with van der Waals surface area (Å²) < 4.78 is 11.0. The van der Waals surface area contributed by atoms with Gasteiger partial charge in [-0.1, -0.05) is 26.0 Å². The van der Waals surface area contributed by atoms with Crippen molar-refractivity contribution in [3.8, 4) is 11.8 Å². The fraction of sp³-hybridized carbons (Fsp3) is 0.562. The molecule has 102 valence electrons. The van der Waals surface area contributed by atoms with Gasteiger partial charge in [-0.25, -0.2) is 0 Å². The maximum absolute atomic E-state index is 9.50. The minimum absolute atomic E-state index is 0.380. The van der Waals surface area contributed by atoms with E-state index in [9.17, 15) is 5.26 Å². The van der Waals surface area contributed by atoms with Gasteiger partial charge in [0.1, 0.15) is 5.75 Å². The summed E-state index contributed by atoms with van der Waals surface area (Å²) in [6.45, 7) is 6.30. The third kappa shape index (κ3) is 3.27. The summed E-state index contributed by atoms with van der Waals surface area (Å²) in [6.07, 6.45) is 1.55. The minimum Gasteiger partial charge on any atom is -0.493 e. The van der Waals surface area contributed by atoms with E-state index in [-0.39, 0.29) is 5.41 Å². The Balaban J connectivity index is 2.10. The molecule has 0 spiro atoms. The van der Waals surface area contributed by atoms with Crippen molar-refractivity contribution in [2.75, 3.05) is 19.8 Å². The summed E-state index contributed by atoms with van der Waals surface area (Å²) >= 11 is 0. The maximum atomic E-state index is 9.50. The molecular weight excluding hydrogens is 238 g/mol. The molecular formula is C16H21NO2. The average Bonchev–Trinajstić information content (AvgIpc) is 2.46. The van der Waals surface area contributed by atoms with Crippen LogP contribution in [0.25, 0.3) is 0 Å². The van der Waals surface area contributed by atoms with Crippen LogP contribution in [0.2, 0.25) is 0 Å². The second-order valence-corrected chi connectivity index (χ2v) is 5.54. The highest BCUT2D eigenvalue weighted by molar-refractivity contribution is 5.37. The fourth-order valence-electron chi connectivity index (χ4n) is 2.32. The molecule has 3 heteroatoms. The molecule has 1 fully saturated rings. The Morgan fingerprint density at radius 2 is 1.89 bits per heavy atom. The molecule has 3 nitrogen and oxygen atoms in total. The van der Waals surface area contributed by atoms with Crippen LogP contribution in [0.4, 0.5) is 0 Å². The number of hydrogen-bond acceptors (Lipinski definition) is 3. The van der Waals surface area contributed by atoms with E-state index < -0.39 is 0 Å². The highest BCUT2D eigenvalue weighted by Gasteiger charge is 2.34. The number of nitriles is 1. The molecule has 2 rings (SSSR count). The molecule has 1 aliphatic rings. The molecule has 1 heterocycles. The van der Waals surface area contributed by atoms with Gasteiger partial charge in [0.25, 0.3) is 0 Å². The first-order valence-electron chi connectivity index (χ1n) is 6.89. The van der Waals surface area contributed by atoms with Gasteiger partial charge in [0, 0.05) is 13.2 Å². The van der Waals surface area contributed by atoms with Crippen LogP contribution in [-0.4, -0.2) is 19.8 Å². The first-order valence-corrected chi connectivity index (χ1v) is 6.89. The van der Waals surface area contributed by atoms with E-state index in [1.54, 1.807) is 0 Å². The van der Waals surface area contributed by atoms with Gasteiger partial charge in [-0.2, -0.15) is 5.26 Å². The molecule has 0 unspecified atom stereocenters. The Hall–Kier alpha value is -1.53. The van der Waals surface area contributed by atoms with Crippen molar-refractivity contribution in [3.05, 3.63) is 29.8 Å². The average molecular weight is 259 g/mol. The van der Waals surface area contributed by atoms with E-state index in [1.165, 1.54) is 0 Å². The Morgan fingerprint density at radius 1 is 1.26 bits per heavy atom. The summed E-state index contributed by atoms with van der Waals surface area (Å²) in [5.41, 5.74) is 0.699. The van der Waals surface area contributed by atoms with Crippen LogP contribution in [0.3, 0.4) is 0 Å². The molecule has 1 saturated heterocycles. The molecule has 0 saturated carbocycles. The highest BCUT2D eigenvalue weighted by Crippen LogP contribution is 2.34. The predicted octanol–water partition coefficient (Wildman–Crippen LogP) is 3.29. The number of rotatable bonds is 4. The first kappa shape index (κ1) is 13.9. The third-order valence-electron chi connectivity index (χ3n) is 3.55. The van der Waals surface area contributed by atoms with Gasteiger partial charge in [-0.3, -0.25) is 0 Å². The van der Waals surface area contributed by atoms with E-state index >= 15 is 0 Å². The van der Waals surface area contributed by atoms with Crippen LogP contribution in [0, 0.1) is 17.2 Å². The first-order chi connectivity index (χ1) is 9.16. The SMILES string of the molecule is CC(C)COc1ccc(C2(C#N)CCOCC2)cc1. The second-order valence-electron chi connectivity index (χ2n) is 5.54. The Morgan fingerprint density at radius 3 is 2.42 bits per heavy atom. The van der Waals surface area contributed by atoms with Gasteiger partial charge in [0.2, 0.25) is 0 Å². The van der Waals surface area contributed by atoms with Crippen LogP contribution < -0.4 is 4.74 Å². The van der Waals surface area contributed by atoms with Gasteiger partial charge >= 0.3 is 0 Å². The van der Waals surface area contributed by atoms with Gasteiger partial charge in [0.05, 0.1) is 18.1 Å². The van der Waals surface area contributed by atoms with Crippen LogP contribution in [0.15, 0.2) is 24.3 Å². The number of benzene rings is 1. The third-order valence-corrected chi connectivity index (χ3v) is 3.55. The zero-order valence-corrected chi connectivity index (χ0v) is 11.7. The summed E-state index contributed by atoms with van der Waals surface area (Å²) in [5.74, 6) is 1.39. The van der Waals surface area contributed by atoms with Gasteiger partial charge in [-0.15, -0.1) is 0 Å². The molecule has 0 aromatic heterocycles. The summed E-state index contributed by atoms with van der Waals surface area (Å²) in [6, 6.07) is 10.4. The smallest absolute Gasteiger partial charge is 0.119 e. The zero-order valence-electron chi connectivity index (χ0n) is 11.7. The van der Waals surface area contributed by atoms with Gasteiger partial charge in [-0.05, 0) is 36.5 Å². The number of hydrogen-bond donors (Lipinski definition) is 0. The van der Waals surface area contributed by atoms with Gasteiger partial charge < -0.3 is 9.47 Å². The quantitative estimate of drug-likeness (QED) is 0.833. The minimum atomic E-state index is -0.380. The van der Waals surface area contributed by atoms with Crippen molar-refractivity contribution in [2.45, 2.75) is 32.1 Å². The van der Waals surface area contributed by atoms with Crippen molar-refractivity contribution in [2.24, 2.45) is 5.92 Å². The summed E-state index contributed by atoms with van der Waals surface area (Å²) in [4.78, 5) is 0. The lowest BCUT2D eigenvalue weighted by atomic mass is 9.75. The van der Waals surface area contributed by atoms with Crippen molar-refractivity contribution >= 4 is 0 Å². The normalized spacial score (nSPS) is 18.0. The predicted molar refractivity (Wildman–Crippen MR) is 74.1 cm³/mol. The van der Waals surface area contributed by atoms with Gasteiger partial charge in [0.15, 0.2) is 0 Å². The molecule has 0 amide bonds. The van der Waals surface area contributed by atoms with Crippen LogP contribution in [0.1, 0.15) is 32.3 Å². The summed E-state index contributed by atoms with van der Waals surface area (Å²) in [7, 11) is 0. The standard InChI is InChI=1S/C16H21NO2/c1-13(2)11-19-15-5-3-14(4-6-15)16(12-17)7-9-18-10-8-16/h3-6,13H,7-11H2,1-2H3. The molecule has 0 radical (unpaired) electrons. The zero-order chi connectivity index (χ0) is 13.7. The molecule has 0 atom stereocenters. The largest absolute Gasteiger partial charge is 0.493 e. The summed E-state index contributed by atoms with van der Waals surface area (Å²) in [5, 5.41) is 9.50. The van der Waals surface area contributed by atoms with Crippen molar-refractivity contribution in [1.29, 1.82) is 5.26 Å². The Bertz CT molecular complexity index is 439. The fourth-order valence-corrected chi connectivity index (χ4v) is 2.32. The molecule has 0 N–H and O–H groups in total. The maximum Gasteiger partial charge on any atom is 0.119 e. The second kappa shape index (κ2) is 6.08. The lowest BCUT2D eigenvalue weighted by Gasteiger charge is -2.31.